The highest BCUT2D eigenvalue weighted by molar-refractivity contribution is 6.45. The molecule has 0 fully saturated rings. The highest BCUT2D eigenvalue weighted by Crippen LogP contribution is 2.37. The Balaban J connectivity index is 2.75. The third-order valence-corrected chi connectivity index (χ3v) is 3.53. The van der Waals surface area contributed by atoms with Gasteiger partial charge in [0.05, 0.1) is 28.4 Å². The first-order valence-corrected chi connectivity index (χ1v) is 6.47. The van der Waals surface area contributed by atoms with E-state index < -0.39 is 11.9 Å². The molecule has 0 unspecified atom stereocenters. The second-order valence-electron chi connectivity index (χ2n) is 3.77. The number of carbonyl (C=O) groups is 1. The molecule has 0 N–H and O–H groups in total. The lowest BCUT2D eigenvalue weighted by atomic mass is 10.1. The second kappa shape index (κ2) is 5.95. The zero-order chi connectivity index (χ0) is 14.9. The molecule has 1 aromatic heterocycles. The number of ether oxygens (including phenoxy) is 1. The Hall–Kier alpha value is -1.36. The number of nitrogens with zero attached hydrogens (tertiary/aromatic N) is 1. The van der Waals surface area contributed by atoms with Crippen molar-refractivity contribution in [1.29, 1.82) is 0 Å². The van der Waals surface area contributed by atoms with E-state index in [4.69, 9.17) is 34.8 Å². The van der Waals surface area contributed by atoms with Crippen LogP contribution in [0.5, 0.6) is 0 Å². The van der Waals surface area contributed by atoms with Gasteiger partial charge in [-0.2, -0.15) is 4.39 Å². The van der Waals surface area contributed by atoms with E-state index in [1.165, 1.54) is 25.3 Å². The van der Waals surface area contributed by atoms with Crippen molar-refractivity contribution in [2.75, 3.05) is 7.11 Å². The van der Waals surface area contributed by atoms with Crippen LogP contribution in [0.3, 0.4) is 0 Å². The van der Waals surface area contributed by atoms with Crippen molar-refractivity contribution in [2.24, 2.45) is 0 Å². The molecule has 0 atom stereocenters. The molecule has 7 heteroatoms. The highest BCUT2D eigenvalue weighted by atomic mass is 35.5. The van der Waals surface area contributed by atoms with Gasteiger partial charge in [0.25, 0.3) is 0 Å². The molecule has 0 aliphatic heterocycles. The number of esters is 1. The van der Waals surface area contributed by atoms with E-state index in [0.717, 1.165) is 6.07 Å². The molecule has 0 amide bonds. The molecule has 0 radical (unpaired) electrons. The van der Waals surface area contributed by atoms with Crippen LogP contribution < -0.4 is 0 Å². The zero-order valence-electron chi connectivity index (χ0n) is 10.1. The number of rotatable bonds is 2. The molecule has 1 heterocycles. The first-order chi connectivity index (χ1) is 9.43. The molecule has 0 saturated heterocycles. The summed E-state index contributed by atoms with van der Waals surface area (Å²) in [5, 5.41) is 0.589. The number of pyridine rings is 1. The smallest absolute Gasteiger partial charge is 0.340 e. The van der Waals surface area contributed by atoms with Gasteiger partial charge in [0.2, 0.25) is 5.95 Å². The fraction of sp³-hybridized carbons (Fsp3) is 0.0769. The van der Waals surface area contributed by atoms with Crippen molar-refractivity contribution in [3.05, 3.63) is 50.8 Å². The van der Waals surface area contributed by atoms with Crippen molar-refractivity contribution >= 4 is 40.8 Å². The number of hydrogen-bond acceptors (Lipinski definition) is 3. The van der Waals surface area contributed by atoms with Crippen molar-refractivity contribution < 1.29 is 13.9 Å². The summed E-state index contributed by atoms with van der Waals surface area (Å²) >= 11 is 17.9. The molecule has 0 bridgehead atoms. The standard InChI is InChI=1S/C13H7Cl3FNO2/c1-20-13(19)7-2-3-10(17)18-12(7)8-4-6(14)5-9(15)11(8)16/h2-5H,1H3. The molecule has 0 spiro atoms. The van der Waals surface area contributed by atoms with E-state index in [2.05, 4.69) is 9.72 Å². The minimum Gasteiger partial charge on any atom is -0.465 e. The van der Waals surface area contributed by atoms with E-state index in [-0.39, 0.29) is 31.9 Å². The van der Waals surface area contributed by atoms with Gasteiger partial charge in [0.1, 0.15) is 0 Å². The summed E-state index contributed by atoms with van der Waals surface area (Å²) in [6.07, 6.45) is 0. The number of benzene rings is 1. The SMILES string of the molecule is COC(=O)c1ccc(F)nc1-c1cc(Cl)cc(Cl)c1Cl. The summed E-state index contributed by atoms with van der Waals surface area (Å²) in [7, 11) is 1.21. The Morgan fingerprint density at radius 2 is 1.95 bits per heavy atom. The molecule has 1 aromatic carbocycles. The van der Waals surface area contributed by atoms with Crippen molar-refractivity contribution in [3.8, 4) is 11.3 Å². The lowest BCUT2D eigenvalue weighted by molar-refractivity contribution is 0.0601. The third kappa shape index (κ3) is 2.87. The molecule has 20 heavy (non-hydrogen) atoms. The minimum atomic E-state index is -0.764. The normalized spacial score (nSPS) is 10.4. The van der Waals surface area contributed by atoms with Crippen molar-refractivity contribution in [1.82, 2.24) is 4.98 Å². The minimum absolute atomic E-state index is 0.0197. The van der Waals surface area contributed by atoms with E-state index in [0.29, 0.717) is 0 Å². The molecule has 3 nitrogen and oxygen atoms in total. The first kappa shape index (κ1) is 15.0. The molecule has 2 rings (SSSR count). The van der Waals surface area contributed by atoms with Gasteiger partial charge < -0.3 is 4.74 Å². The number of halogens is 4. The predicted octanol–water partition coefficient (Wildman–Crippen LogP) is 4.63. The lowest BCUT2D eigenvalue weighted by Crippen LogP contribution is -2.06. The van der Waals surface area contributed by atoms with Crippen LogP contribution in [0.1, 0.15) is 10.4 Å². The van der Waals surface area contributed by atoms with Gasteiger partial charge in [-0.25, -0.2) is 9.78 Å². The largest absolute Gasteiger partial charge is 0.465 e. The lowest BCUT2D eigenvalue weighted by Gasteiger charge is -2.10. The molecule has 0 saturated carbocycles. The Kier molecular flexibility index (Phi) is 4.48. The van der Waals surface area contributed by atoms with Gasteiger partial charge in [0, 0.05) is 10.6 Å². The second-order valence-corrected chi connectivity index (χ2v) is 4.99. The van der Waals surface area contributed by atoms with Gasteiger partial charge >= 0.3 is 5.97 Å². The van der Waals surface area contributed by atoms with E-state index in [1.807, 2.05) is 0 Å². The Morgan fingerprint density at radius 3 is 2.60 bits per heavy atom. The van der Waals surface area contributed by atoms with Crippen molar-refractivity contribution in [3.63, 3.8) is 0 Å². The van der Waals surface area contributed by atoms with Crippen LogP contribution >= 0.6 is 34.8 Å². The zero-order valence-corrected chi connectivity index (χ0v) is 12.4. The molecule has 104 valence electrons. The van der Waals surface area contributed by atoms with Crippen molar-refractivity contribution in [2.45, 2.75) is 0 Å². The highest BCUT2D eigenvalue weighted by Gasteiger charge is 2.19. The van der Waals surface area contributed by atoms with E-state index in [9.17, 15) is 9.18 Å². The topological polar surface area (TPSA) is 39.2 Å². The average Bonchev–Trinajstić information content (AvgIpc) is 2.42. The summed E-state index contributed by atoms with van der Waals surface area (Å²) in [6.45, 7) is 0. The fourth-order valence-corrected chi connectivity index (χ4v) is 2.34. The van der Waals surface area contributed by atoms with Gasteiger partial charge in [-0.05, 0) is 24.3 Å². The fourth-order valence-electron chi connectivity index (χ4n) is 1.64. The van der Waals surface area contributed by atoms with Gasteiger partial charge in [-0.1, -0.05) is 34.8 Å². The van der Waals surface area contributed by atoms with E-state index >= 15 is 0 Å². The molecular formula is C13H7Cl3FNO2. The number of carbonyl (C=O) groups excluding carboxylic acids is 1. The average molecular weight is 335 g/mol. The number of hydrogen-bond donors (Lipinski definition) is 0. The first-order valence-electron chi connectivity index (χ1n) is 5.34. The molecular weight excluding hydrogens is 328 g/mol. The maximum atomic E-state index is 13.4. The van der Waals surface area contributed by atoms with Crippen LogP contribution in [-0.4, -0.2) is 18.1 Å². The van der Waals surface area contributed by atoms with Crippen LogP contribution in [0.2, 0.25) is 15.1 Å². The van der Waals surface area contributed by atoms with Gasteiger partial charge in [-0.15, -0.1) is 0 Å². The van der Waals surface area contributed by atoms with Gasteiger partial charge in [-0.3, -0.25) is 0 Å². The molecule has 2 aromatic rings. The summed E-state index contributed by atoms with van der Waals surface area (Å²) in [4.78, 5) is 15.4. The molecule has 0 aliphatic carbocycles. The summed E-state index contributed by atoms with van der Waals surface area (Å²) < 4.78 is 18.0. The summed E-state index contributed by atoms with van der Waals surface area (Å²) in [6, 6.07) is 5.19. The maximum absolute atomic E-state index is 13.4. The van der Waals surface area contributed by atoms with Crippen LogP contribution in [0.4, 0.5) is 4.39 Å². The summed E-state index contributed by atoms with van der Waals surface area (Å²) in [5.74, 6) is -1.43. The Morgan fingerprint density at radius 1 is 1.25 bits per heavy atom. The van der Waals surface area contributed by atoms with E-state index in [1.54, 1.807) is 0 Å². The summed E-state index contributed by atoms with van der Waals surface area (Å²) in [5.41, 5.74) is 0.337. The van der Waals surface area contributed by atoms with Crippen LogP contribution in [0, 0.1) is 5.95 Å². The predicted molar refractivity (Wildman–Crippen MR) is 76.0 cm³/mol. The van der Waals surface area contributed by atoms with Crippen LogP contribution in [0.25, 0.3) is 11.3 Å². The number of aromatic nitrogens is 1. The Bertz CT molecular complexity index is 692. The van der Waals surface area contributed by atoms with Crippen LogP contribution in [0.15, 0.2) is 24.3 Å². The molecule has 0 aliphatic rings. The maximum Gasteiger partial charge on any atom is 0.340 e. The van der Waals surface area contributed by atoms with Crippen LogP contribution in [-0.2, 0) is 4.74 Å². The quantitative estimate of drug-likeness (QED) is 0.456. The third-order valence-electron chi connectivity index (χ3n) is 2.51. The number of methoxy groups -OCH3 is 1. The Labute approximate surface area is 129 Å². The van der Waals surface area contributed by atoms with Gasteiger partial charge in [0.15, 0.2) is 0 Å². The monoisotopic (exact) mass is 333 g/mol.